The number of aliphatic hydroxyl groups excluding tert-OH is 5. The molecule has 0 aromatic rings. The van der Waals surface area contributed by atoms with Gasteiger partial charge in [0.25, 0.3) is 0 Å². The third-order valence-corrected chi connectivity index (χ3v) is 6.90. The molecule has 0 spiro atoms. The molecule has 3 fully saturated rings. The minimum absolute atomic E-state index is 0.0860. The molecule has 9 unspecified atom stereocenters. The number of hydrogen-bond donors (Lipinski definition) is 5. The van der Waals surface area contributed by atoms with Gasteiger partial charge in [-0.05, 0) is 25.2 Å². The molecule has 0 amide bonds. The second kappa shape index (κ2) is 5.91. The van der Waals surface area contributed by atoms with Crippen molar-refractivity contribution < 1.29 is 35.0 Å². The predicted octanol–water partition coefficient (Wildman–Crippen LogP) is -1.01. The summed E-state index contributed by atoms with van der Waals surface area (Å²) >= 11 is 0. The molecule has 0 aromatic heterocycles. The van der Waals surface area contributed by atoms with Gasteiger partial charge in [-0.1, -0.05) is 13.8 Å². The third-order valence-electron chi connectivity index (χ3n) is 6.90. The summed E-state index contributed by atoms with van der Waals surface area (Å²) in [5.41, 5.74) is -0.461. The monoisotopic (exact) mass is 332 g/mol. The fourth-order valence-corrected chi connectivity index (χ4v) is 4.83. The van der Waals surface area contributed by atoms with Crippen LogP contribution >= 0.6 is 0 Å². The first-order chi connectivity index (χ1) is 10.8. The van der Waals surface area contributed by atoms with E-state index in [1.165, 1.54) is 0 Å². The minimum atomic E-state index is -1.43. The Hall–Kier alpha value is -0.280. The Bertz CT molecular complexity index is 444. The van der Waals surface area contributed by atoms with Gasteiger partial charge in [0.15, 0.2) is 6.29 Å². The fraction of sp³-hybridized carbons (Fsp3) is 1.00. The van der Waals surface area contributed by atoms with Crippen LogP contribution in [0.2, 0.25) is 0 Å². The zero-order valence-corrected chi connectivity index (χ0v) is 13.6. The van der Waals surface area contributed by atoms with Crippen molar-refractivity contribution in [2.24, 2.45) is 16.7 Å². The standard InChI is InChI=1S/C16H28O7/c1-15-4-3-8(16(15,2)7-18)5-10(15)23-14-13(21)12(20)11(19)9(6-17)22-14/h8-14,17-21H,3-7H2,1-2H3. The van der Waals surface area contributed by atoms with Crippen molar-refractivity contribution in [3.8, 4) is 0 Å². The van der Waals surface area contributed by atoms with Crippen molar-refractivity contribution in [3.05, 3.63) is 0 Å². The van der Waals surface area contributed by atoms with Crippen LogP contribution < -0.4 is 0 Å². The largest absolute Gasteiger partial charge is 0.396 e. The SMILES string of the molecule is CC1(CO)C2CCC1(C)C(OC1OC(CO)C(O)C(O)C1O)C2. The van der Waals surface area contributed by atoms with E-state index in [1.54, 1.807) is 0 Å². The summed E-state index contributed by atoms with van der Waals surface area (Å²) in [4.78, 5) is 0. The van der Waals surface area contributed by atoms with E-state index in [4.69, 9.17) is 9.47 Å². The van der Waals surface area contributed by atoms with Gasteiger partial charge in [0, 0.05) is 17.4 Å². The van der Waals surface area contributed by atoms with Gasteiger partial charge in [-0.2, -0.15) is 0 Å². The van der Waals surface area contributed by atoms with Gasteiger partial charge in [0.1, 0.15) is 24.4 Å². The molecular formula is C16H28O7. The summed E-state index contributed by atoms with van der Waals surface area (Å²) < 4.78 is 11.4. The number of aliphatic hydroxyl groups is 5. The molecule has 5 N–H and O–H groups in total. The second-order valence-electron chi connectivity index (χ2n) is 7.79. The topological polar surface area (TPSA) is 120 Å². The van der Waals surface area contributed by atoms with Crippen LogP contribution in [0.5, 0.6) is 0 Å². The average molecular weight is 332 g/mol. The first-order valence-electron chi connectivity index (χ1n) is 8.35. The third kappa shape index (κ3) is 2.37. The summed E-state index contributed by atoms with van der Waals surface area (Å²) in [6.07, 6.45) is -3.73. The van der Waals surface area contributed by atoms with E-state index >= 15 is 0 Å². The molecule has 1 saturated heterocycles. The molecule has 134 valence electrons. The molecule has 7 heteroatoms. The lowest BCUT2D eigenvalue weighted by Crippen LogP contribution is -2.60. The molecule has 3 aliphatic rings. The second-order valence-corrected chi connectivity index (χ2v) is 7.79. The summed E-state index contributed by atoms with van der Waals surface area (Å²) in [6, 6.07) is 0. The number of ether oxygens (including phenoxy) is 2. The van der Waals surface area contributed by atoms with Crippen molar-refractivity contribution in [3.63, 3.8) is 0 Å². The molecule has 1 aliphatic heterocycles. The average Bonchev–Trinajstić information content (AvgIpc) is 2.91. The predicted molar refractivity (Wildman–Crippen MR) is 79.3 cm³/mol. The Morgan fingerprint density at radius 3 is 2.35 bits per heavy atom. The van der Waals surface area contributed by atoms with E-state index < -0.39 is 37.3 Å². The van der Waals surface area contributed by atoms with E-state index in [9.17, 15) is 25.5 Å². The van der Waals surface area contributed by atoms with Crippen LogP contribution in [0.4, 0.5) is 0 Å². The van der Waals surface area contributed by atoms with Crippen molar-refractivity contribution in [1.29, 1.82) is 0 Å². The zero-order chi connectivity index (χ0) is 17.0. The van der Waals surface area contributed by atoms with Crippen LogP contribution in [0.3, 0.4) is 0 Å². The quantitative estimate of drug-likeness (QED) is 0.447. The van der Waals surface area contributed by atoms with E-state index in [1.807, 2.05) is 0 Å². The van der Waals surface area contributed by atoms with Crippen molar-refractivity contribution in [2.75, 3.05) is 13.2 Å². The molecular weight excluding hydrogens is 304 g/mol. The summed E-state index contributed by atoms with van der Waals surface area (Å²) in [5, 5.41) is 49.0. The normalized spacial score (nSPS) is 56.2. The highest BCUT2D eigenvalue weighted by Gasteiger charge is 2.65. The van der Waals surface area contributed by atoms with Gasteiger partial charge in [-0.3, -0.25) is 0 Å². The van der Waals surface area contributed by atoms with E-state index in [-0.39, 0.29) is 23.5 Å². The Morgan fingerprint density at radius 1 is 1.09 bits per heavy atom. The number of hydrogen-bond acceptors (Lipinski definition) is 7. The molecule has 0 radical (unpaired) electrons. The molecule has 7 nitrogen and oxygen atoms in total. The summed E-state index contributed by atoms with van der Waals surface area (Å²) in [6.45, 7) is 3.78. The Balaban J connectivity index is 1.75. The van der Waals surface area contributed by atoms with E-state index in [0.717, 1.165) is 19.3 Å². The summed E-state index contributed by atoms with van der Waals surface area (Å²) in [7, 11) is 0. The van der Waals surface area contributed by atoms with Gasteiger partial charge >= 0.3 is 0 Å². The van der Waals surface area contributed by atoms with Gasteiger partial charge in [0.2, 0.25) is 0 Å². The Labute approximate surface area is 135 Å². The first-order valence-corrected chi connectivity index (χ1v) is 8.35. The van der Waals surface area contributed by atoms with Crippen LogP contribution in [0.15, 0.2) is 0 Å². The van der Waals surface area contributed by atoms with E-state index in [0.29, 0.717) is 5.92 Å². The van der Waals surface area contributed by atoms with Gasteiger partial charge in [-0.25, -0.2) is 0 Å². The highest BCUT2D eigenvalue weighted by atomic mass is 16.7. The van der Waals surface area contributed by atoms with Crippen molar-refractivity contribution in [1.82, 2.24) is 0 Å². The molecule has 1 heterocycles. The Kier molecular flexibility index (Phi) is 4.51. The smallest absolute Gasteiger partial charge is 0.186 e. The lowest BCUT2D eigenvalue weighted by Gasteiger charge is -2.45. The molecule has 9 atom stereocenters. The maximum atomic E-state index is 10.1. The van der Waals surface area contributed by atoms with Crippen LogP contribution in [0, 0.1) is 16.7 Å². The summed E-state index contributed by atoms with van der Waals surface area (Å²) in [5.74, 6) is 0.354. The molecule has 0 aromatic carbocycles. The van der Waals surface area contributed by atoms with Gasteiger partial charge < -0.3 is 35.0 Å². The van der Waals surface area contributed by atoms with Crippen molar-refractivity contribution in [2.45, 2.75) is 69.9 Å². The highest BCUT2D eigenvalue weighted by molar-refractivity contribution is 5.13. The fourth-order valence-electron chi connectivity index (χ4n) is 4.83. The maximum Gasteiger partial charge on any atom is 0.186 e. The number of rotatable bonds is 4. The highest BCUT2D eigenvalue weighted by Crippen LogP contribution is 2.66. The lowest BCUT2D eigenvalue weighted by atomic mass is 9.69. The minimum Gasteiger partial charge on any atom is -0.396 e. The van der Waals surface area contributed by atoms with Gasteiger partial charge in [-0.15, -0.1) is 0 Å². The molecule has 2 aliphatic carbocycles. The molecule has 2 bridgehead atoms. The number of fused-ring (bicyclic) bond motifs is 2. The molecule has 3 rings (SSSR count). The van der Waals surface area contributed by atoms with Gasteiger partial charge in [0.05, 0.1) is 12.7 Å². The van der Waals surface area contributed by atoms with Crippen LogP contribution in [-0.2, 0) is 9.47 Å². The van der Waals surface area contributed by atoms with E-state index in [2.05, 4.69) is 13.8 Å². The zero-order valence-electron chi connectivity index (χ0n) is 13.6. The lowest BCUT2D eigenvalue weighted by molar-refractivity contribution is -0.319. The molecule has 2 saturated carbocycles. The maximum absolute atomic E-state index is 10.1. The van der Waals surface area contributed by atoms with Crippen LogP contribution in [0.1, 0.15) is 33.1 Å². The van der Waals surface area contributed by atoms with Crippen molar-refractivity contribution >= 4 is 0 Å². The van der Waals surface area contributed by atoms with Crippen LogP contribution in [0.25, 0.3) is 0 Å². The van der Waals surface area contributed by atoms with Crippen LogP contribution in [-0.4, -0.2) is 75.6 Å². The first kappa shape index (κ1) is 17.5. The Morgan fingerprint density at radius 2 is 1.78 bits per heavy atom. The molecule has 23 heavy (non-hydrogen) atoms.